The van der Waals surface area contributed by atoms with Crippen molar-refractivity contribution in [3.05, 3.63) is 22.2 Å². The van der Waals surface area contributed by atoms with Crippen LogP contribution < -0.4 is 4.74 Å². The van der Waals surface area contributed by atoms with Gasteiger partial charge in [-0.05, 0) is 31.4 Å². The highest BCUT2D eigenvalue weighted by atomic mass is 35.5. The molecule has 1 saturated carbocycles. The van der Waals surface area contributed by atoms with E-state index >= 15 is 0 Å². The van der Waals surface area contributed by atoms with Crippen LogP contribution in [0.15, 0.2) is 6.07 Å². The molecule has 4 nitrogen and oxygen atoms in total. The second kappa shape index (κ2) is 4.35. The largest absolute Gasteiger partial charge is 0.504 e. The number of halogens is 1. The summed E-state index contributed by atoms with van der Waals surface area (Å²) < 4.78 is 5.06. The average molecular weight is 271 g/mol. The Morgan fingerprint density at radius 1 is 1.50 bits per heavy atom. The summed E-state index contributed by atoms with van der Waals surface area (Å²) in [5.41, 5.74) is -0.0749. The number of aryl methyl sites for hydroxylation is 1. The predicted molar refractivity (Wildman–Crippen MR) is 67.6 cm³/mol. The number of carboxylic acids is 1. The third-order valence-electron chi connectivity index (χ3n) is 3.70. The molecule has 1 fully saturated rings. The highest BCUT2D eigenvalue weighted by Gasteiger charge is 2.49. The number of carbonyl (C=O) groups is 1. The van der Waals surface area contributed by atoms with Crippen molar-refractivity contribution >= 4 is 17.6 Å². The second-order valence-electron chi connectivity index (χ2n) is 4.67. The SMILES string of the molecule is COc1cc(C)c(Cl)c(C2(C(=O)O)CCC2)c1O. The Bertz CT molecular complexity index is 506. The molecule has 1 aromatic carbocycles. The number of phenols is 1. The van der Waals surface area contributed by atoms with Gasteiger partial charge in [0.1, 0.15) is 0 Å². The number of hydrogen-bond donors (Lipinski definition) is 2. The maximum Gasteiger partial charge on any atom is 0.314 e. The smallest absolute Gasteiger partial charge is 0.314 e. The van der Waals surface area contributed by atoms with E-state index in [2.05, 4.69) is 0 Å². The summed E-state index contributed by atoms with van der Waals surface area (Å²) in [5.74, 6) is -0.840. The van der Waals surface area contributed by atoms with Crippen LogP contribution in [0.25, 0.3) is 0 Å². The lowest BCUT2D eigenvalue weighted by Crippen LogP contribution is -2.42. The minimum Gasteiger partial charge on any atom is -0.504 e. The zero-order valence-corrected chi connectivity index (χ0v) is 11.0. The molecule has 0 bridgehead atoms. The highest BCUT2D eigenvalue weighted by Crippen LogP contribution is 2.53. The number of benzene rings is 1. The maximum absolute atomic E-state index is 11.5. The lowest BCUT2D eigenvalue weighted by Gasteiger charge is -2.39. The second-order valence-corrected chi connectivity index (χ2v) is 5.05. The molecule has 0 atom stereocenters. The first-order valence-corrected chi connectivity index (χ1v) is 6.12. The van der Waals surface area contributed by atoms with E-state index in [-0.39, 0.29) is 11.5 Å². The third kappa shape index (κ3) is 1.63. The molecule has 0 heterocycles. The van der Waals surface area contributed by atoms with E-state index < -0.39 is 11.4 Å². The lowest BCUT2D eigenvalue weighted by molar-refractivity contribution is -0.147. The van der Waals surface area contributed by atoms with E-state index in [1.54, 1.807) is 13.0 Å². The van der Waals surface area contributed by atoms with Crippen molar-refractivity contribution in [1.82, 2.24) is 0 Å². The van der Waals surface area contributed by atoms with Gasteiger partial charge in [0.25, 0.3) is 0 Å². The first-order valence-electron chi connectivity index (χ1n) is 5.74. The molecular formula is C13H15ClO4. The Morgan fingerprint density at radius 3 is 2.50 bits per heavy atom. The van der Waals surface area contributed by atoms with Gasteiger partial charge < -0.3 is 14.9 Å². The fourth-order valence-corrected chi connectivity index (χ4v) is 2.77. The topological polar surface area (TPSA) is 66.8 Å². The van der Waals surface area contributed by atoms with E-state index in [1.165, 1.54) is 7.11 Å². The van der Waals surface area contributed by atoms with Crippen LogP contribution in [0.1, 0.15) is 30.4 Å². The molecule has 5 heteroatoms. The molecule has 0 amide bonds. The Morgan fingerprint density at radius 2 is 2.11 bits per heavy atom. The molecule has 0 unspecified atom stereocenters. The first-order chi connectivity index (χ1) is 8.44. The number of carboxylic acid groups (broad SMARTS) is 1. The van der Waals surface area contributed by atoms with Gasteiger partial charge in [-0.2, -0.15) is 0 Å². The zero-order chi connectivity index (χ0) is 13.5. The van der Waals surface area contributed by atoms with Crippen LogP contribution in [-0.2, 0) is 10.2 Å². The maximum atomic E-state index is 11.5. The molecule has 0 radical (unpaired) electrons. The standard InChI is InChI=1S/C13H15ClO4/c1-7-6-8(18-2)11(15)9(10(7)14)13(12(16)17)4-3-5-13/h6,15H,3-5H2,1-2H3,(H,16,17). The fraction of sp³-hybridized carbons (Fsp3) is 0.462. The fourth-order valence-electron chi connectivity index (χ4n) is 2.45. The molecule has 0 aliphatic heterocycles. The van der Waals surface area contributed by atoms with Crippen molar-refractivity contribution in [2.75, 3.05) is 7.11 Å². The quantitative estimate of drug-likeness (QED) is 0.886. The Balaban J connectivity index is 2.70. The van der Waals surface area contributed by atoms with Crippen LogP contribution in [-0.4, -0.2) is 23.3 Å². The highest BCUT2D eigenvalue weighted by molar-refractivity contribution is 6.33. The number of aromatic hydroxyl groups is 1. The van der Waals surface area contributed by atoms with Crippen molar-refractivity contribution in [2.45, 2.75) is 31.6 Å². The van der Waals surface area contributed by atoms with E-state index in [0.717, 1.165) is 6.42 Å². The van der Waals surface area contributed by atoms with Gasteiger partial charge in [0.15, 0.2) is 11.5 Å². The summed E-state index contributed by atoms with van der Waals surface area (Å²) in [6.07, 6.45) is 1.79. The van der Waals surface area contributed by atoms with Crippen LogP contribution in [0.4, 0.5) is 0 Å². The summed E-state index contributed by atoms with van der Waals surface area (Å²) in [7, 11) is 1.43. The van der Waals surface area contributed by atoms with Crippen LogP contribution in [0.5, 0.6) is 11.5 Å². The third-order valence-corrected chi connectivity index (χ3v) is 4.19. The minimum absolute atomic E-state index is 0.157. The monoisotopic (exact) mass is 270 g/mol. The lowest BCUT2D eigenvalue weighted by atomic mass is 9.64. The van der Waals surface area contributed by atoms with Gasteiger partial charge >= 0.3 is 5.97 Å². The molecule has 0 spiro atoms. The van der Waals surface area contributed by atoms with Gasteiger partial charge in [-0.25, -0.2) is 0 Å². The number of hydrogen-bond acceptors (Lipinski definition) is 3. The molecule has 2 N–H and O–H groups in total. The zero-order valence-electron chi connectivity index (χ0n) is 10.3. The number of phenolic OH excluding ortho intramolecular Hbond substituents is 1. The van der Waals surface area contributed by atoms with Gasteiger partial charge in [-0.3, -0.25) is 4.79 Å². The Labute approximate surface area is 110 Å². The molecule has 18 heavy (non-hydrogen) atoms. The molecular weight excluding hydrogens is 256 g/mol. The first kappa shape index (κ1) is 13.0. The summed E-state index contributed by atoms with van der Waals surface area (Å²) in [4.78, 5) is 11.5. The van der Waals surface area contributed by atoms with E-state index in [1.807, 2.05) is 0 Å². The molecule has 0 aromatic heterocycles. The van der Waals surface area contributed by atoms with Crippen LogP contribution in [0, 0.1) is 6.92 Å². The molecule has 2 rings (SSSR count). The number of aliphatic carboxylic acids is 1. The summed E-state index contributed by atoms with van der Waals surface area (Å²) >= 11 is 6.19. The molecule has 1 aromatic rings. The predicted octanol–water partition coefficient (Wildman–Crippen LogP) is 2.87. The molecule has 98 valence electrons. The van der Waals surface area contributed by atoms with E-state index in [4.69, 9.17) is 16.3 Å². The van der Waals surface area contributed by atoms with Gasteiger partial charge in [0.05, 0.1) is 17.5 Å². The van der Waals surface area contributed by atoms with Gasteiger partial charge in [-0.15, -0.1) is 0 Å². The number of ether oxygens (including phenoxy) is 1. The Kier molecular flexibility index (Phi) is 3.15. The molecule has 1 aliphatic rings. The van der Waals surface area contributed by atoms with Crippen molar-refractivity contribution < 1.29 is 19.7 Å². The minimum atomic E-state index is -1.07. The number of methoxy groups -OCH3 is 1. The van der Waals surface area contributed by atoms with Crippen LogP contribution in [0.2, 0.25) is 5.02 Å². The Hall–Kier alpha value is -1.42. The summed E-state index contributed by atoms with van der Waals surface area (Å²) in [6.45, 7) is 1.77. The van der Waals surface area contributed by atoms with Crippen molar-refractivity contribution in [2.24, 2.45) is 0 Å². The van der Waals surface area contributed by atoms with Crippen LogP contribution in [0.3, 0.4) is 0 Å². The molecule has 1 aliphatic carbocycles. The molecule has 0 saturated heterocycles. The normalized spacial score (nSPS) is 17.1. The van der Waals surface area contributed by atoms with Crippen LogP contribution >= 0.6 is 11.6 Å². The summed E-state index contributed by atoms with van der Waals surface area (Å²) in [6, 6.07) is 1.61. The van der Waals surface area contributed by atoms with Gasteiger partial charge in [0, 0.05) is 5.56 Å². The summed E-state index contributed by atoms with van der Waals surface area (Å²) in [5, 5.41) is 19.9. The van der Waals surface area contributed by atoms with E-state index in [0.29, 0.717) is 29.0 Å². The average Bonchev–Trinajstić information content (AvgIpc) is 2.26. The van der Waals surface area contributed by atoms with Crippen molar-refractivity contribution in [3.63, 3.8) is 0 Å². The van der Waals surface area contributed by atoms with Gasteiger partial charge in [-0.1, -0.05) is 18.0 Å². The van der Waals surface area contributed by atoms with Crippen molar-refractivity contribution in [3.8, 4) is 11.5 Å². The van der Waals surface area contributed by atoms with Gasteiger partial charge in [0.2, 0.25) is 0 Å². The van der Waals surface area contributed by atoms with E-state index in [9.17, 15) is 15.0 Å². The number of rotatable bonds is 3. The van der Waals surface area contributed by atoms with Crippen molar-refractivity contribution in [1.29, 1.82) is 0 Å².